The first-order valence-corrected chi connectivity index (χ1v) is 10.4. The Bertz CT molecular complexity index is 1040. The highest BCUT2D eigenvalue weighted by Crippen LogP contribution is 2.43. The second kappa shape index (κ2) is 8.49. The number of hydrogen-bond donors (Lipinski definition) is 0. The van der Waals surface area contributed by atoms with Gasteiger partial charge in [0.05, 0.1) is 0 Å². The lowest BCUT2D eigenvalue weighted by Crippen LogP contribution is -1.93. The van der Waals surface area contributed by atoms with E-state index in [0.717, 1.165) is 24.8 Å². The van der Waals surface area contributed by atoms with Gasteiger partial charge in [0.1, 0.15) is 5.82 Å². The number of thiophene rings is 1. The van der Waals surface area contributed by atoms with E-state index in [9.17, 15) is 4.39 Å². The first-order valence-electron chi connectivity index (χ1n) is 9.55. The van der Waals surface area contributed by atoms with Crippen molar-refractivity contribution in [1.82, 2.24) is 4.98 Å². The number of pyridine rings is 1. The van der Waals surface area contributed by atoms with Crippen LogP contribution in [0, 0.1) is 12.7 Å². The van der Waals surface area contributed by atoms with Crippen molar-refractivity contribution in [2.75, 3.05) is 0 Å². The van der Waals surface area contributed by atoms with Crippen LogP contribution < -0.4 is 0 Å². The zero-order valence-electron chi connectivity index (χ0n) is 15.9. The summed E-state index contributed by atoms with van der Waals surface area (Å²) < 4.78 is 13.4. The van der Waals surface area contributed by atoms with Gasteiger partial charge in [0.2, 0.25) is 0 Å². The summed E-state index contributed by atoms with van der Waals surface area (Å²) in [6.45, 7) is 2.19. The van der Waals surface area contributed by atoms with Gasteiger partial charge in [-0.15, -0.1) is 11.3 Å². The van der Waals surface area contributed by atoms with Crippen molar-refractivity contribution < 1.29 is 4.39 Å². The van der Waals surface area contributed by atoms with E-state index in [4.69, 9.17) is 0 Å². The predicted molar refractivity (Wildman–Crippen MR) is 116 cm³/mol. The van der Waals surface area contributed by atoms with E-state index < -0.39 is 0 Å². The van der Waals surface area contributed by atoms with Crippen molar-refractivity contribution in [3.05, 3.63) is 101 Å². The number of nitrogens with zero attached hydrogens (tertiary/aromatic N) is 1. The minimum Gasteiger partial charge on any atom is -0.265 e. The van der Waals surface area contributed by atoms with Crippen LogP contribution in [0.2, 0.25) is 0 Å². The number of hydrogen-bond acceptors (Lipinski definition) is 2. The van der Waals surface area contributed by atoms with Gasteiger partial charge in [-0.25, -0.2) is 4.39 Å². The van der Waals surface area contributed by atoms with E-state index in [1.54, 1.807) is 11.3 Å². The van der Waals surface area contributed by atoms with Gasteiger partial charge < -0.3 is 0 Å². The van der Waals surface area contributed by atoms with Crippen LogP contribution in [0.4, 0.5) is 4.39 Å². The Morgan fingerprint density at radius 2 is 1.54 bits per heavy atom. The molecule has 0 unspecified atom stereocenters. The minimum atomic E-state index is -0.203. The summed E-state index contributed by atoms with van der Waals surface area (Å²) in [6.07, 6.45) is 6.87. The molecule has 140 valence electrons. The first-order chi connectivity index (χ1) is 13.7. The SMILES string of the molecule is Cc1sc(-c2ccc(F)cc2)c(-c2ccncc2)c1CCCc1ccccc1. The number of benzene rings is 2. The van der Waals surface area contributed by atoms with Gasteiger partial charge in [-0.3, -0.25) is 4.98 Å². The van der Waals surface area contributed by atoms with Gasteiger partial charge in [-0.1, -0.05) is 42.5 Å². The molecule has 0 aliphatic rings. The van der Waals surface area contributed by atoms with E-state index in [1.165, 1.54) is 44.1 Å². The van der Waals surface area contributed by atoms with Crippen molar-refractivity contribution in [2.24, 2.45) is 0 Å². The highest BCUT2D eigenvalue weighted by atomic mass is 32.1. The van der Waals surface area contributed by atoms with Crippen molar-refractivity contribution in [1.29, 1.82) is 0 Å². The lowest BCUT2D eigenvalue weighted by Gasteiger charge is -2.09. The van der Waals surface area contributed by atoms with Crippen LogP contribution in [0.25, 0.3) is 21.6 Å². The molecule has 4 aromatic rings. The van der Waals surface area contributed by atoms with Crippen LogP contribution >= 0.6 is 11.3 Å². The first kappa shape index (κ1) is 18.6. The summed E-state index contributed by atoms with van der Waals surface area (Å²) in [4.78, 5) is 6.72. The van der Waals surface area contributed by atoms with Gasteiger partial charge in [0.25, 0.3) is 0 Å². The molecule has 2 aromatic heterocycles. The molecule has 2 aromatic carbocycles. The number of rotatable bonds is 6. The third-order valence-electron chi connectivity index (χ3n) is 5.02. The predicted octanol–water partition coefficient (Wildman–Crippen LogP) is 7.10. The van der Waals surface area contributed by atoms with Crippen LogP contribution in [0.3, 0.4) is 0 Å². The molecule has 0 fully saturated rings. The molecule has 4 rings (SSSR count). The van der Waals surface area contributed by atoms with E-state index in [2.05, 4.69) is 54.4 Å². The van der Waals surface area contributed by atoms with Crippen molar-refractivity contribution >= 4 is 11.3 Å². The molecular weight excluding hydrogens is 365 g/mol. The third kappa shape index (κ3) is 4.05. The monoisotopic (exact) mass is 387 g/mol. The molecule has 0 saturated heterocycles. The molecule has 0 aliphatic carbocycles. The largest absolute Gasteiger partial charge is 0.265 e. The Morgan fingerprint density at radius 3 is 2.25 bits per heavy atom. The lowest BCUT2D eigenvalue weighted by molar-refractivity contribution is 0.628. The zero-order valence-corrected chi connectivity index (χ0v) is 16.7. The molecule has 1 nitrogen and oxygen atoms in total. The van der Waals surface area contributed by atoms with Gasteiger partial charge in [-0.2, -0.15) is 0 Å². The highest BCUT2D eigenvalue weighted by molar-refractivity contribution is 7.16. The zero-order chi connectivity index (χ0) is 19.3. The Kier molecular flexibility index (Phi) is 5.63. The minimum absolute atomic E-state index is 0.203. The van der Waals surface area contributed by atoms with Gasteiger partial charge in [0, 0.05) is 27.7 Å². The Labute approximate surface area is 169 Å². The summed E-state index contributed by atoms with van der Waals surface area (Å²) in [5.41, 5.74) is 6.28. The fourth-order valence-corrected chi connectivity index (χ4v) is 4.85. The molecule has 3 heteroatoms. The van der Waals surface area contributed by atoms with Gasteiger partial charge >= 0.3 is 0 Å². The maximum Gasteiger partial charge on any atom is 0.123 e. The number of aryl methyl sites for hydroxylation is 2. The van der Waals surface area contributed by atoms with E-state index in [1.807, 2.05) is 24.5 Å². The molecule has 0 radical (unpaired) electrons. The maximum absolute atomic E-state index is 13.4. The second-order valence-corrected chi connectivity index (χ2v) is 8.15. The molecule has 0 bridgehead atoms. The van der Waals surface area contributed by atoms with Crippen LogP contribution in [0.15, 0.2) is 79.1 Å². The molecule has 0 aliphatic heterocycles. The summed E-state index contributed by atoms with van der Waals surface area (Å²) in [6, 6.07) is 21.6. The maximum atomic E-state index is 13.4. The van der Waals surface area contributed by atoms with E-state index in [-0.39, 0.29) is 5.82 Å². The Hall–Kier alpha value is -2.78. The van der Waals surface area contributed by atoms with E-state index in [0.29, 0.717) is 0 Å². The number of halogens is 1. The molecule has 0 N–H and O–H groups in total. The van der Waals surface area contributed by atoms with Crippen LogP contribution in [0.5, 0.6) is 0 Å². The molecule has 0 atom stereocenters. The molecule has 0 spiro atoms. The van der Waals surface area contributed by atoms with Crippen molar-refractivity contribution in [2.45, 2.75) is 26.2 Å². The molecule has 28 heavy (non-hydrogen) atoms. The molecule has 0 saturated carbocycles. The highest BCUT2D eigenvalue weighted by Gasteiger charge is 2.18. The molecule has 0 amide bonds. The summed E-state index contributed by atoms with van der Waals surface area (Å²) in [5.74, 6) is -0.203. The Morgan fingerprint density at radius 1 is 0.821 bits per heavy atom. The summed E-state index contributed by atoms with van der Waals surface area (Å²) in [7, 11) is 0. The molecular formula is C25H22FNS. The van der Waals surface area contributed by atoms with Crippen LogP contribution in [-0.2, 0) is 12.8 Å². The average molecular weight is 388 g/mol. The molecule has 2 heterocycles. The van der Waals surface area contributed by atoms with E-state index >= 15 is 0 Å². The lowest BCUT2D eigenvalue weighted by atomic mass is 9.94. The van der Waals surface area contributed by atoms with Gasteiger partial charge in [0.15, 0.2) is 0 Å². The second-order valence-electron chi connectivity index (χ2n) is 6.92. The summed E-state index contributed by atoms with van der Waals surface area (Å²) >= 11 is 1.80. The van der Waals surface area contributed by atoms with Crippen molar-refractivity contribution in [3.63, 3.8) is 0 Å². The fraction of sp³-hybridized carbons (Fsp3) is 0.160. The smallest absolute Gasteiger partial charge is 0.123 e. The fourth-order valence-electron chi connectivity index (χ4n) is 3.62. The topological polar surface area (TPSA) is 12.9 Å². The summed E-state index contributed by atoms with van der Waals surface area (Å²) in [5, 5.41) is 0. The van der Waals surface area contributed by atoms with Crippen molar-refractivity contribution in [3.8, 4) is 21.6 Å². The number of aromatic nitrogens is 1. The quantitative estimate of drug-likeness (QED) is 0.344. The third-order valence-corrected chi connectivity index (χ3v) is 6.22. The Balaban J connectivity index is 1.70. The van der Waals surface area contributed by atoms with Crippen LogP contribution in [-0.4, -0.2) is 4.98 Å². The van der Waals surface area contributed by atoms with Gasteiger partial charge in [-0.05, 0) is 72.7 Å². The average Bonchev–Trinajstić information content (AvgIpc) is 3.06. The standard InChI is InChI=1S/C25H22FNS/c1-18-23(9-5-8-19-6-3-2-4-7-19)24(20-14-16-27-17-15-20)25(28-18)21-10-12-22(26)13-11-21/h2-4,6-7,10-17H,5,8-9H2,1H3. The van der Waals surface area contributed by atoms with Crippen LogP contribution in [0.1, 0.15) is 22.4 Å². The normalized spacial score (nSPS) is 10.9.